The Labute approximate surface area is 112 Å². The van der Waals surface area contributed by atoms with Crippen LogP contribution in [0.3, 0.4) is 0 Å². The second-order valence-electron chi connectivity index (χ2n) is 2.34. The van der Waals surface area contributed by atoms with Gasteiger partial charge < -0.3 is 0 Å². The first kappa shape index (κ1) is 15.1. The molecule has 0 aliphatic rings. The van der Waals surface area contributed by atoms with Gasteiger partial charge in [0.15, 0.2) is 0 Å². The molecule has 0 amide bonds. The molecule has 0 aromatic heterocycles. The summed E-state index contributed by atoms with van der Waals surface area (Å²) in [5, 5.41) is 0.517. The zero-order valence-electron chi connectivity index (χ0n) is 7.30. The Morgan fingerprint density at radius 3 is 2.08 bits per heavy atom. The summed E-state index contributed by atoms with van der Waals surface area (Å²) >= 11 is 20.9. The number of hydrogen-bond acceptors (Lipinski definition) is 6. The lowest BCUT2D eigenvalue weighted by Gasteiger charge is -2.18. The normalized spacial score (nSPS) is 13.6. The Bertz CT molecular complexity index is 107. The molecular weight excluding hydrogens is 276 g/mol. The molecule has 0 aliphatic heterocycles. The van der Waals surface area contributed by atoms with E-state index in [4.69, 9.17) is 0 Å². The average molecular weight is 293 g/mol. The summed E-state index contributed by atoms with van der Waals surface area (Å²) in [4.78, 5) is 0. The van der Waals surface area contributed by atoms with E-state index >= 15 is 0 Å². The summed E-state index contributed by atoms with van der Waals surface area (Å²) in [5.74, 6) is 5.16. The minimum absolute atomic E-state index is 0.164. The van der Waals surface area contributed by atoms with Crippen LogP contribution >= 0.6 is 74.0 Å². The van der Waals surface area contributed by atoms with Crippen LogP contribution in [0.5, 0.6) is 0 Å². The number of thioether (sulfide) groups is 2. The van der Waals surface area contributed by atoms with Crippen LogP contribution in [0.2, 0.25) is 0 Å². The van der Waals surface area contributed by atoms with E-state index in [-0.39, 0.29) is 4.58 Å². The molecule has 0 radical (unpaired) electrons. The quantitative estimate of drug-likeness (QED) is 0.309. The van der Waals surface area contributed by atoms with E-state index in [0.717, 1.165) is 28.8 Å². The van der Waals surface area contributed by atoms with Gasteiger partial charge in [-0.15, -0.1) is 0 Å². The third-order valence-electron chi connectivity index (χ3n) is 1.27. The minimum atomic E-state index is 0.164. The lowest BCUT2D eigenvalue weighted by atomic mass is 10.5. The molecule has 0 nitrogen and oxygen atoms in total. The molecule has 0 bridgehead atoms. The highest BCUT2D eigenvalue weighted by Crippen LogP contribution is 2.25. The van der Waals surface area contributed by atoms with E-state index < -0.39 is 0 Å². The van der Waals surface area contributed by atoms with Crippen molar-refractivity contribution in [1.29, 1.82) is 0 Å². The summed E-state index contributed by atoms with van der Waals surface area (Å²) in [5.41, 5.74) is 0. The predicted molar refractivity (Wildman–Crippen MR) is 83.0 cm³/mol. The summed E-state index contributed by atoms with van der Waals surface area (Å²) in [6.45, 7) is 0. The summed E-state index contributed by atoms with van der Waals surface area (Å²) in [6.07, 6.45) is 0. The Morgan fingerprint density at radius 1 is 1.00 bits per heavy atom. The van der Waals surface area contributed by atoms with Gasteiger partial charge in [0, 0.05) is 22.5 Å². The van der Waals surface area contributed by atoms with Crippen molar-refractivity contribution in [2.24, 2.45) is 0 Å². The Hall–Kier alpha value is 2.10. The highest BCUT2D eigenvalue weighted by Gasteiger charge is 2.14. The molecular formula is C7H16S6. The molecule has 1 atom stereocenters. The highest BCUT2D eigenvalue weighted by molar-refractivity contribution is 8.06. The van der Waals surface area contributed by atoms with E-state index in [9.17, 15) is 0 Å². The van der Waals surface area contributed by atoms with Gasteiger partial charge in [0.05, 0.1) is 4.58 Å². The predicted octanol–water partition coefficient (Wildman–Crippen LogP) is 2.87. The average Bonchev–Trinajstić information content (AvgIpc) is 2.10. The third-order valence-corrected chi connectivity index (χ3v) is 6.05. The van der Waals surface area contributed by atoms with Gasteiger partial charge in [0.25, 0.3) is 0 Å². The van der Waals surface area contributed by atoms with Crippen molar-refractivity contribution < 1.29 is 0 Å². The first-order chi connectivity index (χ1) is 6.22. The minimum Gasteiger partial charge on any atom is -0.179 e. The van der Waals surface area contributed by atoms with Crippen molar-refractivity contribution in [3.05, 3.63) is 0 Å². The summed E-state index contributed by atoms with van der Waals surface area (Å²) in [6, 6.07) is 0. The first-order valence-corrected chi connectivity index (χ1v) is 8.49. The fraction of sp³-hybridized carbons (Fsp3) is 1.00. The van der Waals surface area contributed by atoms with Crippen LogP contribution in [0.1, 0.15) is 0 Å². The van der Waals surface area contributed by atoms with Crippen LogP contribution in [0, 0.1) is 0 Å². The molecule has 1 unspecified atom stereocenters. The lowest BCUT2D eigenvalue weighted by Crippen LogP contribution is -2.16. The molecule has 13 heavy (non-hydrogen) atoms. The van der Waals surface area contributed by atoms with E-state index in [2.05, 4.69) is 50.5 Å². The SMILES string of the molecule is SCCSCC(SCCS)C(S)S. The van der Waals surface area contributed by atoms with E-state index in [1.807, 2.05) is 23.5 Å². The van der Waals surface area contributed by atoms with Crippen molar-refractivity contribution in [3.63, 3.8) is 0 Å². The zero-order chi connectivity index (χ0) is 10.1. The smallest absolute Gasteiger partial charge is 0.0568 e. The number of thiol groups is 4. The third kappa shape index (κ3) is 9.05. The van der Waals surface area contributed by atoms with Crippen LogP contribution < -0.4 is 0 Å². The molecule has 0 aromatic carbocycles. The van der Waals surface area contributed by atoms with Gasteiger partial charge in [-0.05, 0) is 11.5 Å². The lowest BCUT2D eigenvalue weighted by molar-refractivity contribution is 1.11. The van der Waals surface area contributed by atoms with Gasteiger partial charge in [-0.25, -0.2) is 0 Å². The van der Waals surface area contributed by atoms with Gasteiger partial charge in [0.2, 0.25) is 0 Å². The van der Waals surface area contributed by atoms with E-state index in [1.54, 1.807) is 0 Å². The van der Waals surface area contributed by atoms with E-state index in [0.29, 0.717) is 5.25 Å². The van der Waals surface area contributed by atoms with Crippen molar-refractivity contribution >= 4 is 74.0 Å². The first-order valence-electron chi connectivity index (χ1n) is 3.99. The number of rotatable bonds is 8. The summed E-state index contributed by atoms with van der Waals surface area (Å²) < 4.78 is 0.164. The van der Waals surface area contributed by atoms with Crippen molar-refractivity contribution in [2.75, 3.05) is 28.8 Å². The Morgan fingerprint density at radius 2 is 1.62 bits per heavy atom. The fourth-order valence-electron chi connectivity index (χ4n) is 0.688. The highest BCUT2D eigenvalue weighted by atomic mass is 32.2. The van der Waals surface area contributed by atoms with Crippen LogP contribution in [-0.2, 0) is 0 Å². The molecule has 0 fully saturated rings. The maximum absolute atomic E-state index is 4.35. The van der Waals surface area contributed by atoms with Gasteiger partial charge in [-0.2, -0.15) is 74.0 Å². The maximum Gasteiger partial charge on any atom is 0.0568 e. The Kier molecular flexibility index (Phi) is 12.3. The van der Waals surface area contributed by atoms with E-state index in [1.165, 1.54) is 0 Å². The molecule has 0 heterocycles. The molecule has 0 N–H and O–H groups in total. The molecule has 0 saturated carbocycles. The largest absolute Gasteiger partial charge is 0.179 e. The van der Waals surface area contributed by atoms with Crippen LogP contribution in [0.4, 0.5) is 0 Å². The molecule has 0 saturated heterocycles. The zero-order valence-corrected chi connectivity index (χ0v) is 12.5. The Balaban J connectivity index is 3.54. The van der Waals surface area contributed by atoms with Crippen molar-refractivity contribution in [3.8, 4) is 0 Å². The molecule has 6 heteroatoms. The van der Waals surface area contributed by atoms with Crippen molar-refractivity contribution in [1.82, 2.24) is 0 Å². The molecule has 80 valence electrons. The summed E-state index contributed by atoms with van der Waals surface area (Å²) in [7, 11) is 0. The molecule has 0 aromatic rings. The number of hydrogen-bond donors (Lipinski definition) is 4. The topological polar surface area (TPSA) is 0 Å². The van der Waals surface area contributed by atoms with Crippen molar-refractivity contribution in [2.45, 2.75) is 9.83 Å². The van der Waals surface area contributed by atoms with Gasteiger partial charge >= 0.3 is 0 Å². The monoisotopic (exact) mass is 292 g/mol. The molecule has 0 spiro atoms. The standard InChI is InChI=1S/C7H16S6/c8-1-3-12-5-6(7(10)11)13-4-2-9/h6-11H,1-5H2. The van der Waals surface area contributed by atoms with Crippen LogP contribution in [0.15, 0.2) is 0 Å². The second-order valence-corrected chi connectivity index (χ2v) is 7.26. The maximum atomic E-state index is 4.35. The van der Waals surface area contributed by atoms with Gasteiger partial charge in [0.1, 0.15) is 0 Å². The molecule has 0 rings (SSSR count). The fourth-order valence-corrected chi connectivity index (χ4v) is 4.38. The van der Waals surface area contributed by atoms with Gasteiger partial charge in [-0.3, -0.25) is 0 Å². The van der Waals surface area contributed by atoms with Crippen LogP contribution in [0.25, 0.3) is 0 Å². The van der Waals surface area contributed by atoms with Crippen LogP contribution in [-0.4, -0.2) is 38.6 Å². The molecule has 0 aliphatic carbocycles. The second kappa shape index (κ2) is 10.6. The van der Waals surface area contributed by atoms with Gasteiger partial charge in [-0.1, -0.05) is 0 Å².